The lowest BCUT2D eigenvalue weighted by Gasteiger charge is -2.18. The zero-order chi connectivity index (χ0) is 47.7. The average molecular weight is 917 g/mol. The Labute approximate surface area is 409 Å². The fraction of sp³-hybridized carbons (Fsp3) is 0.705. The second-order valence-corrected chi connectivity index (χ2v) is 18.1. The standard InChI is InChI=1S/C61H104O5/c1-4-7-10-13-16-19-22-25-28-31-33-36-39-42-45-48-51-54-60(62)65-58-59(57-64-56-53-50-47-44-41-38-35-30-27-24-21-18-15-12-9-6-3)66-61(63)55-52-49-46-43-40-37-34-32-29-26-23-20-17-14-11-8-5-2/h7,10,16-17,19-20,25-26,28-29,33-34,36-37,42,45,59H,4-6,8-9,11-15,18,21-24,27,30-32,35,38-41,43-44,46-58H2,1-3H3/b10-7-,19-16-,20-17-,28-25-,29-26-,36-33-,37-34-,45-42-/t59-/m1/s1. The number of unbranched alkanes of at least 4 members (excludes halogenated alkanes) is 23. The molecule has 0 radical (unpaired) electrons. The molecule has 0 spiro atoms. The van der Waals surface area contributed by atoms with Crippen molar-refractivity contribution in [2.75, 3.05) is 19.8 Å². The predicted octanol–water partition coefficient (Wildman–Crippen LogP) is 19.0. The Bertz CT molecular complexity index is 1270. The van der Waals surface area contributed by atoms with Crippen molar-refractivity contribution in [2.45, 2.75) is 258 Å². The van der Waals surface area contributed by atoms with Gasteiger partial charge in [-0.05, 0) is 96.3 Å². The highest BCUT2D eigenvalue weighted by Crippen LogP contribution is 2.15. The van der Waals surface area contributed by atoms with Crippen molar-refractivity contribution >= 4 is 11.9 Å². The molecule has 0 bridgehead atoms. The Balaban J connectivity index is 4.41. The molecule has 378 valence electrons. The molecule has 0 fully saturated rings. The van der Waals surface area contributed by atoms with Gasteiger partial charge in [0, 0.05) is 19.4 Å². The summed E-state index contributed by atoms with van der Waals surface area (Å²) in [6, 6.07) is 0. The normalized spacial score (nSPS) is 13.0. The molecule has 0 aliphatic carbocycles. The zero-order valence-electron chi connectivity index (χ0n) is 43.4. The number of ether oxygens (including phenoxy) is 3. The maximum atomic E-state index is 12.8. The van der Waals surface area contributed by atoms with Gasteiger partial charge in [0.25, 0.3) is 0 Å². The van der Waals surface area contributed by atoms with E-state index in [0.717, 1.165) is 103 Å². The molecule has 5 nitrogen and oxygen atoms in total. The number of carbonyl (C=O) groups excluding carboxylic acids is 2. The van der Waals surface area contributed by atoms with Crippen LogP contribution < -0.4 is 0 Å². The molecule has 0 rings (SSSR count). The second kappa shape index (κ2) is 56.1. The zero-order valence-corrected chi connectivity index (χ0v) is 43.4. The van der Waals surface area contributed by atoms with Crippen LogP contribution in [0.2, 0.25) is 0 Å². The van der Waals surface area contributed by atoms with E-state index in [1.165, 1.54) is 116 Å². The van der Waals surface area contributed by atoms with E-state index >= 15 is 0 Å². The Morgan fingerprint density at radius 1 is 0.348 bits per heavy atom. The summed E-state index contributed by atoms with van der Waals surface area (Å²) >= 11 is 0. The first kappa shape index (κ1) is 62.8. The lowest BCUT2D eigenvalue weighted by atomic mass is 10.0. The fourth-order valence-electron chi connectivity index (χ4n) is 7.49. The maximum absolute atomic E-state index is 12.8. The van der Waals surface area contributed by atoms with Crippen LogP contribution in [0.5, 0.6) is 0 Å². The molecular formula is C61H104O5. The highest BCUT2D eigenvalue weighted by Gasteiger charge is 2.17. The van der Waals surface area contributed by atoms with Crippen LogP contribution in [0.1, 0.15) is 252 Å². The molecule has 0 unspecified atom stereocenters. The van der Waals surface area contributed by atoms with E-state index in [4.69, 9.17) is 14.2 Å². The van der Waals surface area contributed by atoms with Gasteiger partial charge in [-0.2, -0.15) is 0 Å². The lowest BCUT2D eigenvalue weighted by Crippen LogP contribution is -2.30. The van der Waals surface area contributed by atoms with Crippen molar-refractivity contribution < 1.29 is 23.8 Å². The minimum absolute atomic E-state index is 0.0441. The van der Waals surface area contributed by atoms with Gasteiger partial charge in [-0.15, -0.1) is 0 Å². The van der Waals surface area contributed by atoms with Gasteiger partial charge in [-0.25, -0.2) is 0 Å². The SMILES string of the molecule is CC/C=C\C/C=C\C/C=C\C/C=C\C/C=C\CCCC(=O)OC[C@@H](COCCCCCCCCCCCCCCCCCC)OC(=O)CCCCCC/C=C\C/C=C\C/C=C\CCCCC. The molecule has 0 saturated carbocycles. The van der Waals surface area contributed by atoms with Crippen LogP contribution in [-0.2, 0) is 23.8 Å². The third-order valence-corrected chi connectivity index (χ3v) is 11.6. The molecule has 0 heterocycles. The Hall–Kier alpha value is -3.18. The summed E-state index contributed by atoms with van der Waals surface area (Å²) in [5.41, 5.74) is 0. The van der Waals surface area contributed by atoms with Gasteiger partial charge < -0.3 is 14.2 Å². The first-order chi connectivity index (χ1) is 32.6. The molecule has 0 saturated heterocycles. The fourth-order valence-corrected chi connectivity index (χ4v) is 7.49. The van der Waals surface area contributed by atoms with Crippen molar-refractivity contribution in [3.8, 4) is 0 Å². The maximum Gasteiger partial charge on any atom is 0.306 e. The Morgan fingerprint density at radius 3 is 1.17 bits per heavy atom. The second-order valence-electron chi connectivity index (χ2n) is 18.1. The number of esters is 2. The molecular weight excluding hydrogens is 813 g/mol. The summed E-state index contributed by atoms with van der Waals surface area (Å²) in [6.45, 7) is 7.62. The minimum Gasteiger partial charge on any atom is -0.462 e. The van der Waals surface area contributed by atoms with Gasteiger partial charge in [-0.1, -0.05) is 240 Å². The van der Waals surface area contributed by atoms with E-state index in [0.29, 0.717) is 19.4 Å². The molecule has 0 aliphatic heterocycles. The number of rotatable bonds is 50. The predicted molar refractivity (Wildman–Crippen MR) is 288 cm³/mol. The molecule has 0 aromatic heterocycles. The van der Waals surface area contributed by atoms with Gasteiger partial charge in [-0.3, -0.25) is 9.59 Å². The van der Waals surface area contributed by atoms with Crippen LogP contribution in [0.3, 0.4) is 0 Å². The first-order valence-corrected chi connectivity index (χ1v) is 27.8. The number of hydrogen-bond acceptors (Lipinski definition) is 5. The van der Waals surface area contributed by atoms with E-state index in [1.54, 1.807) is 0 Å². The third kappa shape index (κ3) is 53.4. The highest BCUT2D eigenvalue weighted by molar-refractivity contribution is 5.70. The van der Waals surface area contributed by atoms with Crippen molar-refractivity contribution in [1.82, 2.24) is 0 Å². The van der Waals surface area contributed by atoms with Crippen molar-refractivity contribution in [3.63, 3.8) is 0 Å². The Morgan fingerprint density at radius 2 is 0.697 bits per heavy atom. The third-order valence-electron chi connectivity index (χ3n) is 11.6. The molecule has 0 aromatic rings. The van der Waals surface area contributed by atoms with E-state index in [-0.39, 0.29) is 25.2 Å². The van der Waals surface area contributed by atoms with Crippen LogP contribution in [0, 0.1) is 0 Å². The molecule has 0 N–H and O–H groups in total. The molecule has 0 aliphatic rings. The molecule has 0 aromatic carbocycles. The van der Waals surface area contributed by atoms with Gasteiger partial charge in [0.2, 0.25) is 0 Å². The largest absolute Gasteiger partial charge is 0.462 e. The van der Waals surface area contributed by atoms with E-state index in [9.17, 15) is 9.59 Å². The summed E-state index contributed by atoms with van der Waals surface area (Å²) in [5, 5.41) is 0. The monoisotopic (exact) mass is 917 g/mol. The van der Waals surface area contributed by atoms with Gasteiger partial charge >= 0.3 is 11.9 Å². The topological polar surface area (TPSA) is 61.8 Å². The minimum atomic E-state index is -0.575. The molecule has 5 heteroatoms. The first-order valence-electron chi connectivity index (χ1n) is 27.8. The molecule has 66 heavy (non-hydrogen) atoms. The number of allylic oxidation sites excluding steroid dienone is 16. The summed E-state index contributed by atoms with van der Waals surface area (Å²) in [4.78, 5) is 25.5. The summed E-state index contributed by atoms with van der Waals surface area (Å²) in [6.07, 6.45) is 75.7. The van der Waals surface area contributed by atoms with Gasteiger partial charge in [0.05, 0.1) is 6.61 Å². The average Bonchev–Trinajstić information content (AvgIpc) is 3.32. The van der Waals surface area contributed by atoms with Gasteiger partial charge in [0.1, 0.15) is 6.61 Å². The summed E-state index contributed by atoms with van der Waals surface area (Å²) in [7, 11) is 0. The summed E-state index contributed by atoms with van der Waals surface area (Å²) < 4.78 is 17.4. The number of carbonyl (C=O) groups is 2. The van der Waals surface area contributed by atoms with Crippen molar-refractivity contribution in [3.05, 3.63) is 97.2 Å². The Kier molecular flexibility index (Phi) is 53.4. The molecule has 1 atom stereocenters. The molecule has 0 amide bonds. The highest BCUT2D eigenvalue weighted by atomic mass is 16.6. The van der Waals surface area contributed by atoms with Crippen LogP contribution in [-0.4, -0.2) is 37.9 Å². The smallest absolute Gasteiger partial charge is 0.306 e. The van der Waals surface area contributed by atoms with Crippen LogP contribution >= 0.6 is 0 Å². The van der Waals surface area contributed by atoms with Gasteiger partial charge in [0.15, 0.2) is 6.10 Å². The van der Waals surface area contributed by atoms with E-state index in [1.807, 2.05) is 0 Å². The van der Waals surface area contributed by atoms with E-state index in [2.05, 4.69) is 118 Å². The van der Waals surface area contributed by atoms with Crippen LogP contribution in [0.25, 0.3) is 0 Å². The quantitative estimate of drug-likeness (QED) is 0.0346. The van der Waals surface area contributed by atoms with Crippen LogP contribution in [0.4, 0.5) is 0 Å². The van der Waals surface area contributed by atoms with Crippen molar-refractivity contribution in [1.29, 1.82) is 0 Å². The lowest BCUT2D eigenvalue weighted by molar-refractivity contribution is -0.163. The van der Waals surface area contributed by atoms with Crippen molar-refractivity contribution in [2.24, 2.45) is 0 Å². The van der Waals surface area contributed by atoms with E-state index < -0.39 is 6.10 Å². The summed E-state index contributed by atoms with van der Waals surface area (Å²) in [5.74, 6) is -0.487. The van der Waals surface area contributed by atoms with Crippen LogP contribution in [0.15, 0.2) is 97.2 Å². The number of hydrogen-bond donors (Lipinski definition) is 0.